The van der Waals surface area contributed by atoms with Crippen molar-refractivity contribution >= 4 is 28.0 Å². The molecule has 0 saturated heterocycles. The second kappa shape index (κ2) is 11.0. The van der Waals surface area contributed by atoms with Gasteiger partial charge in [-0.05, 0) is 19.3 Å². The molecule has 0 bridgehead atoms. The topological polar surface area (TPSA) is 133 Å². The van der Waals surface area contributed by atoms with Crippen LogP contribution in [0.3, 0.4) is 0 Å². The van der Waals surface area contributed by atoms with Gasteiger partial charge in [0.2, 0.25) is 6.79 Å². The molecule has 0 radical (unpaired) electrons. The van der Waals surface area contributed by atoms with Crippen LogP contribution in [-0.4, -0.2) is 50.5 Å². The molecule has 0 aliphatic carbocycles. The van der Waals surface area contributed by atoms with E-state index >= 15 is 0 Å². The standard InChI is InChI=1S/C12H20O9S/c1-19-10(13)6-4-7-12(15)21-9-20-11(14)5-2-3-8-22(16,17)18/h2-9H2,1H3,(H,16,17,18). The van der Waals surface area contributed by atoms with Crippen molar-refractivity contribution in [2.24, 2.45) is 0 Å². The summed E-state index contributed by atoms with van der Waals surface area (Å²) < 4.78 is 42.9. The zero-order valence-corrected chi connectivity index (χ0v) is 13.1. The Labute approximate surface area is 128 Å². The van der Waals surface area contributed by atoms with Crippen LogP contribution in [-0.2, 0) is 38.7 Å². The summed E-state index contributed by atoms with van der Waals surface area (Å²) in [7, 11) is -2.78. The van der Waals surface area contributed by atoms with Crippen molar-refractivity contribution in [1.82, 2.24) is 0 Å². The first kappa shape index (κ1) is 20.3. The molecule has 0 saturated carbocycles. The number of ether oxygens (including phenoxy) is 3. The fraction of sp³-hybridized carbons (Fsp3) is 0.750. The molecule has 0 aromatic rings. The Bertz CT molecular complexity index is 469. The van der Waals surface area contributed by atoms with Crippen molar-refractivity contribution < 1.29 is 41.6 Å². The molecule has 1 N–H and O–H groups in total. The zero-order chi connectivity index (χ0) is 17.0. The van der Waals surface area contributed by atoms with Crippen molar-refractivity contribution in [2.45, 2.75) is 38.5 Å². The first-order chi connectivity index (χ1) is 10.2. The van der Waals surface area contributed by atoms with Crippen molar-refractivity contribution in [3.63, 3.8) is 0 Å². The minimum Gasteiger partial charge on any atom is -0.469 e. The molecule has 0 aromatic carbocycles. The summed E-state index contributed by atoms with van der Waals surface area (Å²) in [4.78, 5) is 33.2. The largest absolute Gasteiger partial charge is 0.469 e. The van der Waals surface area contributed by atoms with E-state index in [2.05, 4.69) is 14.2 Å². The Kier molecular flexibility index (Phi) is 10.1. The van der Waals surface area contributed by atoms with E-state index in [1.807, 2.05) is 0 Å². The Morgan fingerprint density at radius 1 is 0.864 bits per heavy atom. The molecule has 9 nitrogen and oxygen atoms in total. The van der Waals surface area contributed by atoms with Crippen LogP contribution in [0.4, 0.5) is 0 Å². The van der Waals surface area contributed by atoms with Crippen molar-refractivity contribution in [2.75, 3.05) is 19.7 Å². The highest BCUT2D eigenvalue weighted by Crippen LogP contribution is 2.02. The van der Waals surface area contributed by atoms with Crippen molar-refractivity contribution in [1.29, 1.82) is 0 Å². The SMILES string of the molecule is COC(=O)CCCC(=O)OCOC(=O)CCCCS(=O)(=O)O. The van der Waals surface area contributed by atoms with E-state index in [9.17, 15) is 22.8 Å². The average molecular weight is 340 g/mol. The lowest BCUT2D eigenvalue weighted by Gasteiger charge is -2.06. The monoisotopic (exact) mass is 340 g/mol. The number of hydrogen-bond donors (Lipinski definition) is 1. The Morgan fingerprint density at radius 2 is 1.36 bits per heavy atom. The van der Waals surface area contributed by atoms with E-state index in [-0.39, 0.29) is 38.5 Å². The van der Waals surface area contributed by atoms with E-state index in [1.165, 1.54) is 7.11 Å². The number of methoxy groups -OCH3 is 1. The van der Waals surface area contributed by atoms with Crippen LogP contribution in [0.5, 0.6) is 0 Å². The van der Waals surface area contributed by atoms with Gasteiger partial charge in [0, 0.05) is 19.3 Å². The molecule has 10 heteroatoms. The maximum Gasteiger partial charge on any atom is 0.308 e. The van der Waals surface area contributed by atoms with Gasteiger partial charge in [-0.2, -0.15) is 8.42 Å². The van der Waals surface area contributed by atoms with Gasteiger partial charge < -0.3 is 14.2 Å². The van der Waals surface area contributed by atoms with Gasteiger partial charge in [-0.15, -0.1) is 0 Å². The molecule has 0 spiro atoms. The van der Waals surface area contributed by atoms with Gasteiger partial charge >= 0.3 is 17.9 Å². The molecule has 128 valence electrons. The van der Waals surface area contributed by atoms with Gasteiger partial charge in [0.1, 0.15) is 0 Å². The quantitative estimate of drug-likeness (QED) is 0.246. The molecular formula is C12H20O9S. The molecule has 0 rings (SSSR count). The molecule has 0 aliphatic heterocycles. The third kappa shape index (κ3) is 13.3. The van der Waals surface area contributed by atoms with E-state index in [1.54, 1.807) is 0 Å². The van der Waals surface area contributed by atoms with Gasteiger partial charge in [0.05, 0.1) is 12.9 Å². The average Bonchev–Trinajstić information content (AvgIpc) is 2.42. The van der Waals surface area contributed by atoms with Crippen molar-refractivity contribution in [3.05, 3.63) is 0 Å². The minimum atomic E-state index is -4.02. The Balaban J connectivity index is 3.58. The summed E-state index contributed by atoms with van der Waals surface area (Å²) >= 11 is 0. The predicted octanol–water partition coefficient (Wildman–Crippen LogP) is 0.432. The summed E-state index contributed by atoms with van der Waals surface area (Å²) in [6, 6.07) is 0. The second-order valence-electron chi connectivity index (χ2n) is 4.32. The minimum absolute atomic E-state index is 0.00100. The number of carbonyl (C=O) groups is 3. The first-order valence-electron chi connectivity index (χ1n) is 6.58. The van der Waals surface area contributed by atoms with Gasteiger partial charge in [-0.25, -0.2) is 0 Å². The normalized spacial score (nSPS) is 10.8. The molecule has 0 heterocycles. The lowest BCUT2D eigenvalue weighted by Crippen LogP contribution is -2.13. The number of unbranched alkanes of at least 4 members (excludes halogenated alkanes) is 1. The van der Waals surface area contributed by atoms with E-state index in [4.69, 9.17) is 4.55 Å². The van der Waals surface area contributed by atoms with Crippen LogP contribution in [0.25, 0.3) is 0 Å². The van der Waals surface area contributed by atoms with E-state index in [0.29, 0.717) is 0 Å². The van der Waals surface area contributed by atoms with Crippen LogP contribution in [0.2, 0.25) is 0 Å². The highest BCUT2D eigenvalue weighted by atomic mass is 32.2. The molecule has 0 amide bonds. The maximum atomic E-state index is 11.2. The number of carbonyl (C=O) groups excluding carboxylic acids is 3. The highest BCUT2D eigenvalue weighted by Gasteiger charge is 2.09. The summed E-state index contributed by atoms with van der Waals surface area (Å²) in [5.41, 5.74) is 0. The third-order valence-electron chi connectivity index (χ3n) is 2.46. The summed E-state index contributed by atoms with van der Waals surface area (Å²) in [5, 5.41) is 0. The van der Waals surface area contributed by atoms with Gasteiger partial charge in [-0.3, -0.25) is 18.9 Å². The molecule has 0 atom stereocenters. The van der Waals surface area contributed by atoms with Crippen LogP contribution >= 0.6 is 0 Å². The van der Waals surface area contributed by atoms with Gasteiger partial charge in [0.25, 0.3) is 10.1 Å². The molecule has 22 heavy (non-hydrogen) atoms. The summed E-state index contributed by atoms with van der Waals surface area (Å²) in [6.45, 7) is -0.534. The molecule has 0 unspecified atom stereocenters. The number of rotatable bonds is 11. The fourth-order valence-corrected chi connectivity index (χ4v) is 1.91. The van der Waals surface area contributed by atoms with E-state index in [0.717, 1.165) is 0 Å². The lowest BCUT2D eigenvalue weighted by molar-refractivity contribution is -0.167. The Morgan fingerprint density at radius 3 is 1.86 bits per heavy atom. The lowest BCUT2D eigenvalue weighted by atomic mass is 10.2. The van der Waals surface area contributed by atoms with Crippen LogP contribution in [0.1, 0.15) is 38.5 Å². The molecule has 0 aliphatic rings. The number of esters is 3. The second-order valence-corrected chi connectivity index (χ2v) is 5.90. The summed E-state index contributed by atoms with van der Waals surface area (Å²) in [5.74, 6) is -2.10. The predicted molar refractivity (Wildman–Crippen MR) is 73.2 cm³/mol. The van der Waals surface area contributed by atoms with Crippen molar-refractivity contribution in [3.8, 4) is 0 Å². The Hall–Kier alpha value is -1.68. The number of hydrogen-bond acceptors (Lipinski definition) is 8. The zero-order valence-electron chi connectivity index (χ0n) is 12.3. The van der Waals surface area contributed by atoms with Crippen LogP contribution in [0, 0.1) is 0 Å². The molecule has 0 fully saturated rings. The van der Waals surface area contributed by atoms with Crippen LogP contribution in [0.15, 0.2) is 0 Å². The van der Waals surface area contributed by atoms with Crippen LogP contribution < -0.4 is 0 Å². The highest BCUT2D eigenvalue weighted by molar-refractivity contribution is 7.85. The third-order valence-corrected chi connectivity index (χ3v) is 3.27. The van der Waals surface area contributed by atoms with Gasteiger partial charge in [0.15, 0.2) is 0 Å². The van der Waals surface area contributed by atoms with Gasteiger partial charge in [-0.1, -0.05) is 0 Å². The maximum absolute atomic E-state index is 11.2. The van der Waals surface area contributed by atoms with E-state index < -0.39 is 40.6 Å². The molecular weight excluding hydrogens is 320 g/mol. The first-order valence-corrected chi connectivity index (χ1v) is 8.18. The summed E-state index contributed by atoms with van der Waals surface area (Å²) in [6.07, 6.45) is 0.678. The smallest absolute Gasteiger partial charge is 0.308 e. The fourth-order valence-electron chi connectivity index (χ4n) is 1.34. The molecule has 0 aromatic heterocycles.